The summed E-state index contributed by atoms with van der Waals surface area (Å²) in [5.41, 5.74) is 3.45. The molecule has 0 saturated carbocycles. The number of morpholine rings is 1. The largest absolute Gasteiger partial charge is 0.379 e. The number of halogens is 1. The van der Waals surface area contributed by atoms with Gasteiger partial charge in [0.1, 0.15) is 0 Å². The van der Waals surface area contributed by atoms with Gasteiger partial charge in [-0.2, -0.15) is 0 Å². The van der Waals surface area contributed by atoms with E-state index in [1.165, 1.54) is 16.8 Å². The van der Waals surface area contributed by atoms with Gasteiger partial charge in [-0.15, -0.1) is 0 Å². The van der Waals surface area contributed by atoms with E-state index in [-0.39, 0.29) is 34.2 Å². The van der Waals surface area contributed by atoms with Crippen LogP contribution in [0.25, 0.3) is 11.3 Å². The number of aryl methyl sites for hydroxylation is 2. The topological polar surface area (TPSA) is 88.5 Å². The molecule has 4 aromatic rings. The van der Waals surface area contributed by atoms with E-state index < -0.39 is 5.82 Å². The van der Waals surface area contributed by atoms with Gasteiger partial charge in [0.2, 0.25) is 0 Å². The second-order valence-corrected chi connectivity index (χ2v) is 10.5. The van der Waals surface area contributed by atoms with Gasteiger partial charge in [-0.25, -0.2) is 9.37 Å². The number of carbonyl (C=O) groups excluding carboxylic acids is 1. The molecule has 0 aliphatic carbocycles. The minimum Gasteiger partial charge on any atom is -0.379 e. The van der Waals surface area contributed by atoms with Crippen molar-refractivity contribution in [1.29, 1.82) is 0 Å². The first-order valence-electron chi connectivity index (χ1n) is 14.3. The van der Waals surface area contributed by atoms with Crippen LogP contribution in [0.5, 0.6) is 0 Å². The van der Waals surface area contributed by atoms with Gasteiger partial charge in [-0.3, -0.25) is 14.5 Å². The lowest BCUT2D eigenvalue weighted by Crippen LogP contribution is -2.35. The van der Waals surface area contributed by atoms with Crippen LogP contribution in [0.4, 0.5) is 21.6 Å². The Bertz CT molecular complexity index is 1600. The van der Waals surface area contributed by atoms with E-state index in [0.29, 0.717) is 11.3 Å². The Kier molecular flexibility index (Phi) is 9.41. The van der Waals surface area contributed by atoms with E-state index >= 15 is 4.39 Å². The van der Waals surface area contributed by atoms with Gasteiger partial charge in [-0.05, 0) is 54.3 Å². The minimum absolute atomic E-state index is 0.0452. The molecule has 0 radical (unpaired) electrons. The lowest BCUT2D eigenvalue weighted by molar-refractivity contribution is 0.0342. The number of hydrogen-bond acceptors (Lipinski definition) is 6. The number of aromatic nitrogens is 2. The summed E-state index contributed by atoms with van der Waals surface area (Å²) in [5.74, 6) is -0.915. The van der Waals surface area contributed by atoms with Gasteiger partial charge < -0.3 is 19.9 Å². The summed E-state index contributed by atoms with van der Waals surface area (Å²) in [6.07, 6.45) is 4.23. The number of nitrogens with one attached hydrogen (secondary N) is 2. The predicted octanol–water partition coefficient (Wildman–Crippen LogP) is 5.76. The first kappa shape index (κ1) is 29.2. The maximum atomic E-state index is 15.8. The molecule has 0 atom stereocenters. The molecule has 1 aliphatic heterocycles. The fourth-order valence-corrected chi connectivity index (χ4v) is 5.01. The monoisotopic (exact) mass is 569 g/mol. The predicted molar refractivity (Wildman–Crippen MR) is 164 cm³/mol. The number of unbranched alkanes of at least 4 members (excludes halogenated alkanes) is 1. The highest BCUT2D eigenvalue weighted by Gasteiger charge is 2.18. The standard InChI is InChI=1S/C33H36FN5O3/c1-3-4-8-24-9-5-6-10-26(24)32(40)37-28-12-7-11-27(30(28)34)29-22-38(2)33(41)31(36-29)35-25-15-13-23(14-16-25)21-39-17-19-42-20-18-39/h5-7,9-16,22H,3-4,8,17-21H2,1-2H3,(H,35,36)(H,37,40). The summed E-state index contributed by atoms with van der Waals surface area (Å²) in [6.45, 7) is 6.22. The second-order valence-electron chi connectivity index (χ2n) is 10.5. The number of ether oxygens (including phenoxy) is 1. The average molecular weight is 570 g/mol. The molecule has 5 rings (SSSR count). The van der Waals surface area contributed by atoms with Crippen LogP contribution < -0.4 is 16.2 Å². The third-order valence-corrected chi connectivity index (χ3v) is 7.38. The summed E-state index contributed by atoms with van der Waals surface area (Å²) in [4.78, 5) is 32.9. The van der Waals surface area contributed by atoms with E-state index in [0.717, 1.165) is 63.2 Å². The highest BCUT2D eigenvalue weighted by Crippen LogP contribution is 2.28. The first-order chi connectivity index (χ1) is 20.4. The fraction of sp³-hybridized carbons (Fsp3) is 0.303. The van der Waals surface area contributed by atoms with Crippen molar-refractivity contribution in [3.8, 4) is 11.3 Å². The molecule has 2 heterocycles. The van der Waals surface area contributed by atoms with Crippen molar-refractivity contribution in [1.82, 2.24) is 14.5 Å². The van der Waals surface area contributed by atoms with E-state index in [1.54, 1.807) is 31.3 Å². The highest BCUT2D eigenvalue weighted by atomic mass is 19.1. The molecule has 1 amide bonds. The number of carbonyl (C=O) groups is 1. The molecule has 1 aliphatic rings. The van der Waals surface area contributed by atoms with Crippen LogP contribution in [0.15, 0.2) is 77.7 Å². The number of benzene rings is 3. The van der Waals surface area contributed by atoms with Gasteiger partial charge in [0.05, 0.1) is 24.6 Å². The van der Waals surface area contributed by atoms with Gasteiger partial charge in [-0.1, -0.05) is 49.7 Å². The number of amides is 1. The summed E-state index contributed by atoms with van der Waals surface area (Å²) in [7, 11) is 1.60. The van der Waals surface area contributed by atoms with E-state index in [9.17, 15) is 9.59 Å². The van der Waals surface area contributed by atoms with Crippen molar-refractivity contribution in [2.45, 2.75) is 32.7 Å². The van der Waals surface area contributed by atoms with Crippen LogP contribution in [-0.4, -0.2) is 46.7 Å². The van der Waals surface area contributed by atoms with Gasteiger partial charge in [0.15, 0.2) is 11.6 Å². The van der Waals surface area contributed by atoms with Crippen molar-refractivity contribution >= 4 is 23.1 Å². The number of hydrogen-bond donors (Lipinski definition) is 2. The summed E-state index contributed by atoms with van der Waals surface area (Å²) >= 11 is 0. The third kappa shape index (κ3) is 6.92. The maximum absolute atomic E-state index is 15.8. The van der Waals surface area contributed by atoms with E-state index in [2.05, 4.69) is 27.4 Å². The maximum Gasteiger partial charge on any atom is 0.293 e. The lowest BCUT2D eigenvalue weighted by Gasteiger charge is -2.26. The van der Waals surface area contributed by atoms with Crippen molar-refractivity contribution in [2.24, 2.45) is 7.05 Å². The lowest BCUT2D eigenvalue weighted by atomic mass is 10.0. The van der Waals surface area contributed by atoms with Crippen molar-refractivity contribution in [3.63, 3.8) is 0 Å². The number of rotatable bonds is 10. The zero-order valence-corrected chi connectivity index (χ0v) is 24.0. The summed E-state index contributed by atoms with van der Waals surface area (Å²) in [6, 6.07) is 20.0. The zero-order valence-electron chi connectivity index (χ0n) is 24.0. The Balaban J connectivity index is 1.35. The summed E-state index contributed by atoms with van der Waals surface area (Å²) < 4.78 is 22.6. The van der Waals surface area contributed by atoms with Crippen molar-refractivity contribution in [3.05, 3.63) is 106 Å². The van der Waals surface area contributed by atoms with Crippen LogP contribution in [-0.2, 0) is 24.8 Å². The highest BCUT2D eigenvalue weighted by molar-refractivity contribution is 6.05. The summed E-state index contributed by atoms with van der Waals surface area (Å²) in [5, 5.41) is 5.83. The average Bonchev–Trinajstić information content (AvgIpc) is 3.01. The minimum atomic E-state index is -0.624. The van der Waals surface area contributed by atoms with Gasteiger partial charge in [0, 0.05) is 49.7 Å². The Hall–Kier alpha value is -4.34. The van der Waals surface area contributed by atoms with Crippen molar-refractivity contribution in [2.75, 3.05) is 36.9 Å². The SMILES string of the molecule is CCCCc1ccccc1C(=O)Nc1cccc(-c2cn(C)c(=O)c(Nc3ccc(CN4CCOCC4)cc3)n2)c1F. The van der Waals surface area contributed by atoms with Gasteiger partial charge in [0.25, 0.3) is 11.5 Å². The first-order valence-corrected chi connectivity index (χ1v) is 14.3. The molecule has 9 heteroatoms. The normalized spacial score (nSPS) is 13.6. The van der Waals surface area contributed by atoms with Crippen molar-refractivity contribution < 1.29 is 13.9 Å². The van der Waals surface area contributed by atoms with E-state index in [4.69, 9.17) is 4.74 Å². The number of anilines is 3. The number of nitrogens with zero attached hydrogens (tertiary/aromatic N) is 3. The molecule has 2 N–H and O–H groups in total. The molecule has 42 heavy (non-hydrogen) atoms. The molecule has 8 nitrogen and oxygen atoms in total. The second kappa shape index (κ2) is 13.5. The van der Waals surface area contributed by atoms with Crippen LogP contribution in [0.2, 0.25) is 0 Å². The van der Waals surface area contributed by atoms with Crippen LogP contribution in [0.1, 0.15) is 41.3 Å². The fourth-order valence-electron chi connectivity index (χ4n) is 5.01. The van der Waals surface area contributed by atoms with E-state index in [1.807, 2.05) is 36.4 Å². The molecule has 1 aromatic heterocycles. The molecule has 0 unspecified atom stereocenters. The molecular weight excluding hydrogens is 533 g/mol. The Labute approximate surface area is 245 Å². The molecule has 3 aromatic carbocycles. The Morgan fingerprint density at radius 2 is 1.79 bits per heavy atom. The zero-order chi connectivity index (χ0) is 29.5. The molecular formula is C33H36FN5O3. The Morgan fingerprint density at radius 3 is 2.55 bits per heavy atom. The molecule has 1 saturated heterocycles. The molecule has 1 fully saturated rings. The van der Waals surface area contributed by atoms with Crippen LogP contribution >= 0.6 is 0 Å². The smallest absolute Gasteiger partial charge is 0.293 e. The van der Waals surface area contributed by atoms with Gasteiger partial charge >= 0.3 is 0 Å². The van der Waals surface area contributed by atoms with Crippen LogP contribution in [0, 0.1) is 5.82 Å². The molecule has 0 bridgehead atoms. The molecule has 0 spiro atoms. The van der Waals surface area contributed by atoms with Crippen LogP contribution in [0.3, 0.4) is 0 Å². The Morgan fingerprint density at radius 1 is 1.02 bits per heavy atom. The molecule has 218 valence electrons. The third-order valence-electron chi connectivity index (χ3n) is 7.38. The quantitative estimate of drug-likeness (QED) is 0.253.